The van der Waals surface area contributed by atoms with Crippen molar-refractivity contribution >= 4 is 5.91 Å². The molecule has 1 aromatic rings. The molecular weight excluding hydrogens is 296 g/mol. The molecule has 2 aliphatic heterocycles. The van der Waals surface area contributed by atoms with Crippen LogP contribution in [0.15, 0.2) is 18.2 Å². The molecule has 0 saturated carbocycles. The van der Waals surface area contributed by atoms with Gasteiger partial charge in [-0.3, -0.25) is 4.79 Å². The second-order valence-electron chi connectivity index (χ2n) is 6.29. The predicted molar refractivity (Wildman–Crippen MR) is 81.8 cm³/mol. The number of likely N-dealkylation sites (tertiary alicyclic amines) is 1. The Morgan fingerprint density at radius 2 is 2.35 bits per heavy atom. The number of aliphatic hydroxyl groups excluding tert-OH is 1. The minimum absolute atomic E-state index is 0.0176. The summed E-state index contributed by atoms with van der Waals surface area (Å²) in [7, 11) is 1.55. The summed E-state index contributed by atoms with van der Waals surface area (Å²) in [4.78, 5) is 13.9. The van der Waals surface area contributed by atoms with Crippen LogP contribution in [0, 0.1) is 11.3 Å². The Morgan fingerprint density at radius 3 is 2.96 bits per heavy atom. The number of fused-ring (bicyclic) bond motifs is 1. The molecule has 6 nitrogen and oxygen atoms in total. The molecule has 1 fully saturated rings. The first-order valence-electron chi connectivity index (χ1n) is 7.69. The molecular formula is C17H20N2O4. The summed E-state index contributed by atoms with van der Waals surface area (Å²) in [6.45, 7) is 2.57. The van der Waals surface area contributed by atoms with Gasteiger partial charge in [-0.25, -0.2) is 0 Å². The highest BCUT2D eigenvalue weighted by Crippen LogP contribution is 2.44. The number of carbonyl (C=O) groups excluding carboxylic acids is 1. The van der Waals surface area contributed by atoms with Crippen LogP contribution in [-0.2, 0) is 9.53 Å². The molecule has 1 saturated heterocycles. The lowest BCUT2D eigenvalue weighted by Crippen LogP contribution is -2.57. The summed E-state index contributed by atoms with van der Waals surface area (Å²) in [5, 5.41) is 20.1. The summed E-state index contributed by atoms with van der Waals surface area (Å²) in [6.07, 6.45) is 0.321. The maximum atomic E-state index is 12.2. The van der Waals surface area contributed by atoms with Crippen LogP contribution >= 0.6 is 0 Å². The summed E-state index contributed by atoms with van der Waals surface area (Å²) in [5.74, 6) is 0.600. The normalized spacial score (nSPS) is 29.8. The molecule has 3 rings (SSSR count). The third-order valence-corrected chi connectivity index (χ3v) is 4.60. The van der Waals surface area contributed by atoms with Crippen LogP contribution < -0.4 is 4.74 Å². The molecule has 0 bridgehead atoms. The first-order chi connectivity index (χ1) is 11.0. The van der Waals surface area contributed by atoms with Crippen molar-refractivity contribution in [3.63, 3.8) is 0 Å². The van der Waals surface area contributed by atoms with Crippen molar-refractivity contribution in [3.05, 3.63) is 29.3 Å². The van der Waals surface area contributed by atoms with Gasteiger partial charge in [0.25, 0.3) is 0 Å². The number of aliphatic hydroxyl groups is 1. The summed E-state index contributed by atoms with van der Waals surface area (Å²) in [5.41, 5.74) is 0.204. The zero-order valence-corrected chi connectivity index (χ0v) is 13.3. The van der Waals surface area contributed by atoms with Crippen molar-refractivity contribution in [2.24, 2.45) is 0 Å². The first-order valence-corrected chi connectivity index (χ1v) is 7.69. The van der Waals surface area contributed by atoms with Gasteiger partial charge in [0.2, 0.25) is 5.91 Å². The maximum Gasteiger partial charge on any atom is 0.223 e. The molecule has 1 aromatic carbocycles. The largest absolute Gasteiger partial charge is 0.482 e. The lowest BCUT2D eigenvalue weighted by atomic mass is 9.84. The minimum Gasteiger partial charge on any atom is -0.482 e. The third-order valence-electron chi connectivity index (χ3n) is 4.60. The molecule has 122 valence electrons. The zero-order valence-electron chi connectivity index (χ0n) is 13.3. The van der Waals surface area contributed by atoms with E-state index in [1.54, 1.807) is 37.1 Å². The van der Waals surface area contributed by atoms with Gasteiger partial charge in [0, 0.05) is 25.6 Å². The number of nitriles is 1. The monoisotopic (exact) mass is 316 g/mol. The number of benzene rings is 1. The molecule has 23 heavy (non-hydrogen) atoms. The quantitative estimate of drug-likeness (QED) is 0.911. The SMILES string of the molecule is COCC1(C)Oc2ccc(C#N)cc2C(N2CCCC2=O)C1O. The number of hydrogen-bond donors (Lipinski definition) is 1. The van der Waals surface area contributed by atoms with Gasteiger partial charge in [-0.2, -0.15) is 5.26 Å². The van der Waals surface area contributed by atoms with Crippen LogP contribution in [0.3, 0.4) is 0 Å². The highest BCUT2D eigenvalue weighted by atomic mass is 16.6. The maximum absolute atomic E-state index is 12.2. The van der Waals surface area contributed by atoms with Crippen molar-refractivity contribution < 1.29 is 19.4 Å². The van der Waals surface area contributed by atoms with Gasteiger partial charge in [0.1, 0.15) is 11.9 Å². The fourth-order valence-corrected chi connectivity index (χ4v) is 3.46. The Labute approximate surface area is 135 Å². The third kappa shape index (κ3) is 2.56. The second-order valence-corrected chi connectivity index (χ2v) is 6.29. The van der Waals surface area contributed by atoms with Crippen LogP contribution in [0.5, 0.6) is 5.75 Å². The molecule has 3 atom stereocenters. The van der Waals surface area contributed by atoms with Crippen molar-refractivity contribution in [1.29, 1.82) is 5.26 Å². The first kappa shape index (κ1) is 15.8. The van der Waals surface area contributed by atoms with Crippen LogP contribution in [-0.4, -0.2) is 47.9 Å². The molecule has 3 unspecified atom stereocenters. The number of ether oxygens (including phenoxy) is 2. The van der Waals surface area contributed by atoms with E-state index in [2.05, 4.69) is 6.07 Å². The number of amides is 1. The molecule has 2 aliphatic rings. The molecule has 2 heterocycles. The van der Waals surface area contributed by atoms with Crippen LogP contribution in [0.2, 0.25) is 0 Å². The molecule has 0 aliphatic carbocycles. The van der Waals surface area contributed by atoms with Gasteiger partial charge in [0.05, 0.1) is 24.3 Å². The fraction of sp³-hybridized carbons (Fsp3) is 0.529. The number of carbonyl (C=O) groups is 1. The average Bonchev–Trinajstić information content (AvgIpc) is 2.94. The number of methoxy groups -OCH3 is 1. The van der Waals surface area contributed by atoms with Crippen molar-refractivity contribution in [2.75, 3.05) is 20.3 Å². The van der Waals surface area contributed by atoms with Crippen molar-refractivity contribution in [2.45, 2.75) is 37.5 Å². The van der Waals surface area contributed by atoms with E-state index in [0.29, 0.717) is 29.8 Å². The van der Waals surface area contributed by atoms with Gasteiger partial charge < -0.3 is 19.5 Å². The summed E-state index contributed by atoms with van der Waals surface area (Å²) in [6, 6.07) is 6.66. The second kappa shape index (κ2) is 5.84. The van der Waals surface area contributed by atoms with Gasteiger partial charge in [-0.05, 0) is 31.5 Å². The summed E-state index contributed by atoms with van der Waals surface area (Å²) < 4.78 is 11.2. The van der Waals surface area contributed by atoms with E-state index >= 15 is 0 Å². The van der Waals surface area contributed by atoms with Crippen molar-refractivity contribution in [1.82, 2.24) is 4.90 Å². The van der Waals surface area contributed by atoms with E-state index in [1.165, 1.54) is 0 Å². The standard InChI is InChI=1S/C17H20N2O4/c1-17(10-22-2)16(21)15(19-7-3-4-14(19)20)12-8-11(9-18)5-6-13(12)23-17/h5-6,8,15-16,21H,3-4,7,10H2,1-2H3. The fourth-order valence-electron chi connectivity index (χ4n) is 3.46. The average molecular weight is 316 g/mol. The molecule has 0 spiro atoms. The van der Waals surface area contributed by atoms with Crippen molar-refractivity contribution in [3.8, 4) is 11.8 Å². The van der Waals surface area contributed by atoms with E-state index in [1.807, 2.05) is 0 Å². The zero-order chi connectivity index (χ0) is 16.6. The number of rotatable bonds is 3. The topological polar surface area (TPSA) is 82.8 Å². The summed E-state index contributed by atoms with van der Waals surface area (Å²) >= 11 is 0. The molecule has 0 aromatic heterocycles. The Kier molecular flexibility index (Phi) is 4.00. The van der Waals surface area contributed by atoms with E-state index in [9.17, 15) is 9.90 Å². The van der Waals surface area contributed by atoms with Gasteiger partial charge >= 0.3 is 0 Å². The Morgan fingerprint density at radius 1 is 1.57 bits per heavy atom. The van der Waals surface area contributed by atoms with Crippen LogP contribution in [0.1, 0.15) is 36.9 Å². The van der Waals surface area contributed by atoms with Gasteiger partial charge in [-0.1, -0.05) is 0 Å². The number of hydrogen-bond acceptors (Lipinski definition) is 5. The van der Waals surface area contributed by atoms with E-state index in [-0.39, 0.29) is 12.5 Å². The van der Waals surface area contributed by atoms with Gasteiger partial charge in [0.15, 0.2) is 5.60 Å². The van der Waals surface area contributed by atoms with Crippen LogP contribution in [0.4, 0.5) is 0 Å². The molecule has 6 heteroatoms. The van der Waals surface area contributed by atoms with Gasteiger partial charge in [-0.15, -0.1) is 0 Å². The van der Waals surface area contributed by atoms with E-state index in [4.69, 9.17) is 14.7 Å². The molecule has 1 amide bonds. The van der Waals surface area contributed by atoms with Crippen LogP contribution in [0.25, 0.3) is 0 Å². The predicted octanol–water partition coefficient (Wildman–Crippen LogP) is 1.38. The molecule has 1 N–H and O–H groups in total. The molecule has 0 radical (unpaired) electrons. The Bertz CT molecular complexity index is 669. The smallest absolute Gasteiger partial charge is 0.223 e. The van der Waals surface area contributed by atoms with E-state index < -0.39 is 17.7 Å². The Balaban J connectivity index is 2.10. The Hall–Kier alpha value is -2.10. The lowest BCUT2D eigenvalue weighted by Gasteiger charge is -2.46. The number of nitrogens with zero attached hydrogens (tertiary/aromatic N) is 2. The highest BCUT2D eigenvalue weighted by molar-refractivity contribution is 5.79. The highest BCUT2D eigenvalue weighted by Gasteiger charge is 2.50. The van der Waals surface area contributed by atoms with E-state index in [0.717, 1.165) is 6.42 Å². The minimum atomic E-state index is -0.955. The lowest BCUT2D eigenvalue weighted by molar-refractivity contribution is -0.148.